The monoisotopic (exact) mass is 227 g/mol. The topological polar surface area (TPSA) is 44.4 Å². The number of nitrogens with one attached hydrogen (secondary N) is 2. The molecule has 1 aliphatic heterocycles. The van der Waals surface area contributed by atoms with Crippen molar-refractivity contribution in [2.24, 2.45) is 5.92 Å². The van der Waals surface area contributed by atoms with Crippen molar-refractivity contribution >= 4 is 5.91 Å². The van der Waals surface area contributed by atoms with Gasteiger partial charge in [0.2, 0.25) is 5.91 Å². The van der Waals surface area contributed by atoms with Gasteiger partial charge in [-0.15, -0.1) is 0 Å². The molecule has 0 aromatic carbocycles. The summed E-state index contributed by atoms with van der Waals surface area (Å²) in [4.78, 5) is 14.0. The van der Waals surface area contributed by atoms with Crippen molar-refractivity contribution in [2.75, 3.05) is 33.2 Å². The second-order valence-electron chi connectivity index (χ2n) is 4.61. The van der Waals surface area contributed by atoms with E-state index in [2.05, 4.69) is 15.5 Å². The summed E-state index contributed by atoms with van der Waals surface area (Å²) in [6, 6.07) is 0.0236. The number of hydrogen-bond donors (Lipinski definition) is 2. The molecule has 1 heterocycles. The predicted octanol–water partition coefficient (Wildman–Crippen LogP) is 0.442. The molecule has 0 aromatic rings. The van der Waals surface area contributed by atoms with E-state index >= 15 is 0 Å². The van der Waals surface area contributed by atoms with Crippen LogP contribution in [0.2, 0.25) is 0 Å². The Morgan fingerprint density at radius 3 is 2.56 bits per heavy atom. The van der Waals surface area contributed by atoms with E-state index in [-0.39, 0.29) is 11.9 Å². The maximum absolute atomic E-state index is 11.7. The van der Waals surface area contributed by atoms with Crippen molar-refractivity contribution in [3.05, 3.63) is 0 Å². The lowest BCUT2D eigenvalue weighted by molar-refractivity contribution is -0.126. The number of likely N-dealkylation sites (N-methyl/N-ethyl adjacent to an activating group) is 1. The van der Waals surface area contributed by atoms with Gasteiger partial charge in [0.1, 0.15) is 0 Å². The van der Waals surface area contributed by atoms with Crippen LogP contribution in [0.5, 0.6) is 0 Å². The highest BCUT2D eigenvalue weighted by Crippen LogP contribution is 2.18. The number of hydrogen-bond acceptors (Lipinski definition) is 3. The van der Waals surface area contributed by atoms with Gasteiger partial charge in [0.15, 0.2) is 0 Å². The maximum atomic E-state index is 11.7. The highest BCUT2D eigenvalue weighted by atomic mass is 16.2. The summed E-state index contributed by atoms with van der Waals surface area (Å²) in [5, 5.41) is 6.11. The van der Waals surface area contributed by atoms with Crippen molar-refractivity contribution in [1.29, 1.82) is 0 Å². The van der Waals surface area contributed by atoms with Crippen LogP contribution in [0.3, 0.4) is 0 Å². The largest absolute Gasteiger partial charge is 0.355 e. The molecule has 0 saturated carbocycles. The minimum Gasteiger partial charge on any atom is -0.355 e. The first-order valence-corrected chi connectivity index (χ1v) is 6.35. The lowest BCUT2D eigenvalue weighted by Gasteiger charge is -2.35. The molecule has 0 spiro atoms. The Balaban J connectivity index is 2.32. The molecular weight excluding hydrogens is 202 g/mol. The van der Waals surface area contributed by atoms with E-state index in [0.717, 1.165) is 32.1 Å². The van der Waals surface area contributed by atoms with E-state index in [1.54, 1.807) is 0 Å². The molecule has 1 atom stereocenters. The molecule has 4 heteroatoms. The number of carbonyl (C=O) groups is 1. The third-order valence-electron chi connectivity index (χ3n) is 3.42. The van der Waals surface area contributed by atoms with Crippen LogP contribution in [0.4, 0.5) is 0 Å². The first-order chi connectivity index (χ1) is 7.69. The number of rotatable bonds is 5. The molecule has 94 valence electrons. The molecule has 0 bridgehead atoms. The van der Waals surface area contributed by atoms with E-state index in [1.165, 1.54) is 12.8 Å². The van der Waals surface area contributed by atoms with Gasteiger partial charge in [-0.25, -0.2) is 0 Å². The van der Waals surface area contributed by atoms with Crippen molar-refractivity contribution in [3.63, 3.8) is 0 Å². The number of amides is 1. The molecule has 0 aromatic heterocycles. The fourth-order valence-corrected chi connectivity index (χ4v) is 2.32. The van der Waals surface area contributed by atoms with Crippen LogP contribution in [-0.2, 0) is 4.79 Å². The quantitative estimate of drug-likeness (QED) is 0.716. The van der Waals surface area contributed by atoms with Gasteiger partial charge < -0.3 is 10.6 Å². The average Bonchev–Trinajstić information content (AvgIpc) is 2.30. The Bertz CT molecular complexity index is 212. The van der Waals surface area contributed by atoms with Gasteiger partial charge in [0.25, 0.3) is 0 Å². The van der Waals surface area contributed by atoms with Gasteiger partial charge in [0.05, 0.1) is 6.04 Å². The second-order valence-corrected chi connectivity index (χ2v) is 4.61. The summed E-state index contributed by atoms with van der Waals surface area (Å²) in [7, 11) is 2.00. The van der Waals surface area contributed by atoms with Crippen LogP contribution < -0.4 is 10.6 Å². The summed E-state index contributed by atoms with van der Waals surface area (Å²) >= 11 is 0. The molecule has 1 amide bonds. The normalized spacial score (nSPS) is 20.7. The van der Waals surface area contributed by atoms with E-state index in [1.807, 2.05) is 20.9 Å². The number of likely N-dealkylation sites (tertiary alicyclic amines) is 1. The van der Waals surface area contributed by atoms with Gasteiger partial charge in [-0.3, -0.25) is 9.69 Å². The summed E-state index contributed by atoms with van der Waals surface area (Å²) in [5.74, 6) is 0.942. The summed E-state index contributed by atoms with van der Waals surface area (Å²) in [5.41, 5.74) is 0. The van der Waals surface area contributed by atoms with Crippen LogP contribution in [0.15, 0.2) is 0 Å². The first-order valence-electron chi connectivity index (χ1n) is 6.35. The van der Waals surface area contributed by atoms with Gasteiger partial charge in [-0.1, -0.05) is 0 Å². The molecule has 4 nitrogen and oxygen atoms in total. The molecule has 0 radical (unpaired) electrons. The molecule has 1 saturated heterocycles. The zero-order valence-corrected chi connectivity index (χ0v) is 10.8. The van der Waals surface area contributed by atoms with Crippen molar-refractivity contribution in [2.45, 2.75) is 32.7 Å². The van der Waals surface area contributed by atoms with Crippen LogP contribution >= 0.6 is 0 Å². The summed E-state index contributed by atoms with van der Waals surface area (Å²) in [6.45, 7) is 7.88. The van der Waals surface area contributed by atoms with Gasteiger partial charge in [0, 0.05) is 6.54 Å². The Kier molecular flexibility index (Phi) is 5.77. The van der Waals surface area contributed by atoms with Gasteiger partial charge in [-0.2, -0.15) is 0 Å². The predicted molar refractivity (Wildman–Crippen MR) is 66.4 cm³/mol. The SMILES string of the molecule is CCNC(=O)C(C)N1CCC(CNC)CC1. The molecule has 1 unspecified atom stereocenters. The minimum atomic E-state index is 0.0236. The average molecular weight is 227 g/mol. The van der Waals surface area contributed by atoms with Crippen molar-refractivity contribution in [1.82, 2.24) is 15.5 Å². The smallest absolute Gasteiger partial charge is 0.237 e. The number of piperidine rings is 1. The Labute approximate surface area is 98.8 Å². The second kappa shape index (κ2) is 6.86. The van der Waals surface area contributed by atoms with Crippen molar-refractivity contribution < 1.29 is 4.79 Å². The van der Waals surface area contributed by atoms with Crippen LogP contribution in [0.25, 0.3) is 0 Å². The van der Waals surface area contributed by atoms with E-state index in [0.29, 0.717) is 0 Å². The van der Waals surface area contributed by atoms with E-state index in [9.17, 15) is 4.79 Å². The molecule has 2 N–H and O–H groups in total. The fourth-order valence-electron chi connectivity index (χ4n) is 2.32. The highest BCUT2D eigenvalue weighted by Gasteiger charge is 2.25. The Morgan fingerprint density at radius 2 is 2.06 bits per heavy atom. The van der Waals surface area contributed by atoms with Gasteiger partial charge >= 0.3 is 0 Å². The summed E-state index contributed by atoms with van der Waals surface area (Å²) in [6.07, 6.45) is 2.40. The van der Waals surface area contributed by atoms with Crippen molar-refractivity contribution in [3.8, 4) is 0 Å². The zero-order valence-electron chi connectivity index (χ0n) is 10.8. The van der Waals surface area contributed by atoms with Gasteiger partial charge in [-0.05, 0) is 59.3 Å². The fraction of sp³-hybridized carbons (Fsp3) is 0.917. The van der Waals surface area contributed by atoms with Crippen LogP contribution in [0.1, 0.15) is 26.7 Å². The summed E-state index contributed by atoms with van der Waals surface area (Å²) < 4.78 is 0. The maximum Gasteiger partial charge on any atom is 0.237 e. The third kappa shape index (κ3) is 3.76. The molecule has 1 aliphatic rings. The minimum absolute atomic E-state index is 0.0236. The number of carbonyl (C=O) groups excluding carboxylic acids is 1. The Hall–Kier alpha value is -0.610. The Morgan fingerprint density at radius 1 is 1.44 bits per heavy atom. The molecule has 1 fully saturated rings. The number of nitrogens with zero attached hydrogens (tertiary/aromatic N) is 1. The van der Waals surface area contributed by atoms with E-state index in [4.69, 9.17) is 0 Å². The third-order valence-corrected chi connectivity index (χ3v) is 3.42. The standard InChI is InChI=1S/C12H25N3O/c1-4-14-12(16)10(2)15-7-5-11(6-8-15)9-13-3/h10-11,13H,4-9H2,1-3H3,(H,14,16). The van der Waals surface area contributed by atoms with Crippen LogP contribution in [0, 0.1) is 5.92 Å². The molecular formula is C12H25N3O. The first kappa shape index (κ1) is 13.5. The zero-order chi connectivity index (χ0) is 12.0. The highest BCUT2D eigenvalue weighted by molar-refractivity contribution is 5.81. The molecule has 1 rings (SSSR count). The van der Waals surface area contributed by atoms with E-state index < -0.39 is 0 Å². The lowest BCUT2D eigenvalue weighted by Crippen LogP contribution is -2.48. The van der Waals surface area contributed by atoms with Crippen LogP contribution in [-0.4, -0.2) is 50.1 Å². The lowest BCUT2D eigenvalue weighted by atomic mass is 9.96. The molecule has 0 aliphatic carbocycles. The molecule has 16 heavy (non-hydrogen) atoms.